The van der Waals surface area contributed by atoms with E-state index in [-0.39, 0.29) is 17.2 Å². The molecule has 0 unspecified atom stereocenters. The predicted molar refractivity (Wildman–Crippen MR) is 92.4 cm³/mol. The van der Waals surface area contributed by atoms with Crippen molar-refractivity contribution in [1.82, 2.24) is 9.71 Å². The van der Waals surface area contributed by atoms with Crippen LogP contribution in [0.15, 0.2) is 70.4 Å². The lowest BCUT2D eigenvalue weighted by Gasteiger charge is -2.08. The monoisotopic (exact) mass is 356 g/mol. The molecule has 3 rings (SSSR count). The van der Waals surface area contributed by atoms with Crippen molar-refractivity contribution in [2.75, 3.05) is 0 Å². The quantitative estimate of drug-likeness (QED) is 0.686. The van der Waals surface area contributed by atoms with E-state index < -0.39 is 10.0 Å². The van der Waals surface area contributed by atoms with Gasteiger partial charge in [0.15, 0.2) is 5.78 Å². The zero-order chi connectivity index (χ0) is 17.9. The molecule has 25 heavy (non-hydrogen) atoms. The number of nitrogens with zero attached hydrogens (tertiary/aromatic N) is 1. The molecule has 1 N–H and O–H groups in total. The molecule has 0 aliphatic heterocycles. The van der Waals surface area contributed by atoms with Crippen LogP contribution < -0.4 is 4.72 Å². The fourth-order valence-electron chi connectivity index (χ4n) is 2.29. The molecule has 0 saturated carbocycles. The highest BCUT2D eigenvalue weighted by Gasteiger charge is 2.14. The highest BCUT2D eigenvalue weighted by Crippen LogP contribution is 2.20. The summed E-state index contributed by atoms with van der Waals surface area (Å²) in [6.45, 7) is 1.53. The van der Waals surface area contributed by atoms with Crippen LogP contribution in [0.2, 0.25) is 0 Å². The maximum absolute atomic E-state index is 12.4. The summed E-state index contributed by atoms with van der Waals surface area (Å²) in [5.41, 5.74) is 1.94. The van der Waals surface area contributed by atoms with E-state index in [4.69, 9.17) is 4.42 Å². The maximum atomic E-state index is 12.4. The number of sulfonamides is 1. The first kappa shape index (κ1) is 17.1. The van der Waals surface area contributed by atoms with Crippen LogP contribution in [0.5, 0.6) is 0 Å². The molecule has 0 bridgehead atoms. The van der Waals surface area contributed by atoms with Crippen molar-refractivity contribution in [3.63, 3.8) is 0 Å². The summed E-state index contributed by atoms with van der Waals surface area (Å²) in [4.78, 5) is 15.5. The van der Waals surface area contributed by atoms with Gasteiger partial charge in [0, 0.05) is 30.1 Å². The van der Waals surface area contributed by atoms with Crippen molar-refractivity contribution in [2.24, 2.45) is 0 Å². The van der Waals surface area contributed by atoms with E-state index in [2.05, 4.69) is 9.71 Å². The van der Waals surface area contributed by atoms with Gasteiger partial charge in [0.05, 0.1) is 11.2 Å². The highest BCUT2D eigenvalue weighted by atomic mass is 32.2. The molecule has 2 heterocycles. The Morgan fingerprint density at radius 2 is 1.92 bits per heavy atom. The Hall–Kier alpha value is -2.77. The number of ketones is 1. The fourth-order valence-corrected chi connectivity index (χ4v) is 3.31. The van der Waals surface area contributed by atoms with Crippen molar-refractivity contribution in [3.8, 4) is 11.3 Å². The number of aromatic nitrogens is 1. The molecule has 1 aromatic carbocycles. The van der Waals surface area contributed by atoms with Gasteiger partial charge in [0.2, 0.25) is 10.0 Å². The molecular formula is C18H16N2O4S. The molecule has 3 aromatic rings. The van der Waals surface area contributed by atoms with E-state index in [0.29, 0.717) is 16.9 Å². The molecule has 0 amide bonds. The van der Waals surface area contributed by atoms with Crippen LogP contribution in [0.1, 0.15) is 22.8 Å². The molecular weight excluding hydrogens is 340 g/mol. The number of benzene rings is 1. The van der Waals surface area contributed by atoms with Gasteiger partial charge in [-0.05, 0) is 42.8 Å². The number of furan rings is 1. The Morgan fingerprint density at radius 3 is 2.56 bits per heavy atom. The largest absolute Gasteiger partial charge is 0.464 e. The molecule has 0 aliphatic carbocycles. The Balaban J connectivity index is 1.74. The van der Waals surface area contributed by atoms with Gasteiger partial charge in [-0.25, -0.2) is 13.1 Å². The van der Waals surface area contributed by atoms with Gasteiger partial charge < -0.3 is 4.42 Å². The first-order valence-corrected chi connectivity index (χ1v) is 9.02. The van der Waals surface area contributed by atoms with E-state index in [1.54, 1.807) is 24.7 Å². The van der Waals surface area contributed by atoms with Gasteiger partial charge in [-0.15, -0.1) is 0 Å². The molecule has 0 saturated heterocycles. The summed E-state index contributed by atoms with van der Waals surface area (Å²) in [7, 11) is -3.68. The summed E-state index contributed by atoms with van der Waals surface area (Å²) in [6.07, 6.45) is 4.81. The minimum absolute atomic E-state index is 0.0956. The zero-order valence-corrected chi connectivity index (χ0v) is 14.3. The molecule has 128 valence electrons. The van der Waals surface area contributed by atoms with Crippen molar-refractivity contribution in [1.29, 1.82) is 0 Å². The Labute approximate surface area is 145 Å². The second kappa shape index (κ2) is 7.00. The number of rotatable bonds is 6. The predicted octanol–water partition coefficient (Wildman–Crippen LogP) is 3.02. The van der Waals surface area contributed by atoms with Gasteiger partial charge in [-0.3, -0.25) is 9.78 Å². The number of nitrogens with one attached hydrogen (secondary N) is 1. The number of Topliss-reactive ketones (excluding diaryl/α,β-unsaturated/α-hetero) is 1. The van der Waals surface area contributed by atoms with E-state index >= 15 is 0 Å². The third-order valence-corrected chi connectivity index (χ3v) is 5.06. The lowest BCUT2D eigenvalue weighted by Crippen LogP contribution is -2.23. The van der Waals surface area contributed by atoms with Crippen molar-refractivity contribution < 1.29 is 17.6 Å². The first-order valence-electron chi connectivity index (χ1n) is 7.54. The maximum Gasteiger partial charge on any atom is 0.240 e. The first-order chi connectivity index (χ1) is 12.0. The summed E-state index contributed by atoms with van der Waals surface area (Å²) >= 11 is 0. The topological polar surface area (TPSA) is 89.3 Å². The second-order valence-electron chi connectivity index (χ2n) is 5.46. The summed E-state index contributed by atoms with van der Waals surface area (Å²) in [5, 5.41) is 0. The average Bonchev–Trinajstić information content (AvgIpc) is 3.15. The minimum Gasteiger partial charge on any atom is -0.464 e. The van der Waals surface area contributed by atoms with E-state index in [1.165, 1.54) is 31.2 Å². The van der Waals surface area contributed by atoms with Crippen molar-refractivity contribution in [2.45, 2.75) is 18.4 Å². The normalized spacial score (nSPS) is 11.4. The van der Waals surface area contributed by atoms with Crippen LogP contribution >= 0.6 is 0 Å². The smallest absolute Gasteiger partial charge is 0.240 e. The van der Waals surface area contributed by atoms with E-state index in [1.807, 2.05) is 12.1 Å². The Kier molecular flexibility index (Phi) is 4.78. The fraction of sp³-hybridized carbons (Fsp3) is 0.111. The molecule has 0 spiro atoms. The second-order valence-corrected chi connectivity index (χ2v) is 7.23. The van der Waals surface area contributed by atoms with Gasteiger partial charge in [0.25, 0.3) is 0 Å². The summed E-state index contributed by atoms with van der Waals surface area (Å²) < 4.78 is 32.6. The molecule has 7 heteroatoms. The lowest BCUT2D eigenvalue weighted by molar-refractivity contribution is 0.101. The zero-order valence-electron chi connectivity index (χ0n) is 13.5. The third-order valence-electron chi connectivity index (χ3n) is 3.64. The number of carbonyl (C=O) groups excluding carboxylic acids is 1. The number of pyridine rings is 1. The molecule has 2 aromatic heterocycles. The minimum atomic E-state index is -3.68. The number of hydrogen-bond acceptors (Lipinski definition) is 5. The molecule has 0 radical (unpaired) electrons. The standard InChI is InChI=1S/C18H16N2O4S/c1-13(21)15-4-6-17(7-5-15)25(22,23)20-11-14-9-16(12-19-10-14)18-3-2-8-24-18/h2-10,12,20H,11H2,1H3. The Bertz CT molecular complexity index is 978. The van der Waals surface area contributed by atoms with Crippen LogP contribution in [0.4, 0.5) is 0 Å². The van der Waals surface area contributed by atoms with Crippen molar-refractivity contribution in [3.05, 3.63) is 72.2 Å². The van der Waals surface area contributed by atoms with Gasteiger partial charge in [0.1, 0.15) is 5.76 Å². The lowest BCUT2D eigenvalue weighted by atomic mass is 10.2. The van der Waals surface area contributed by atoms with Crippen LogP contribution in [0.25, 0.3) is 11.3 Å². The Morgan fingerprint density at radius 1 is 1.16 bits per heavy atom. The molecule has 0 aliphatic rings. The molecule has 6 nitrogen and oxygen atoms in total. The summed E-state index contributed by atoms with van der Waals surface area (Å²) in [6, 6.07) is 11.2. The van der Waals surface area contributed by atoms with E-state index in [0.717, 1.165) is 5.56 Å². The van der Waals surface area contributed by atoms with Crippen LogP contribution in [-0.4, -0.2) is 19.2 Å². The van der Waals surface area contributed by atoms with Gasteiger partial charge >= 0.3 is 0 Å². The van der Waals surface area contributed by atoms with Crippen LogP contribution in [0, 0.1) is 0 Å². The SMILES string of the molecule is CC(=O)c1ccc(S(=O)(=O)NCc2cncc(-c3ccco3)c2)cc1. The molecule has 0 fully saturated rings. The number of hydrogen-bond donors (Lipinski definition) is 1. The van der Waals surface area contributed by atoms with E-state index in [9.17, 15) is 13.2 Å². The van der Waals surface area contributed by atoms with Crippen LogP contribution in [0.3, 0.4) is 0 Å². The molecule has 0 atom stereocenters. The third kappa shape index (κ3) is 4.01. The van der Waals surface area contributed by atoms with Crippen LogP contribution in [-0.2, 0) is 16.6 Å². The van der Waals surface area contributed by atoms with Crippen molar-refractivity contribution >= 4 is 15.8 Å². The number of carbonyl (C=O) groups is 1. The highest BCUT2D eigenvalue weighted by molar-refractivity contribution is 7.89. The summed E-state index contributed by atoms with van der Waals surface area (Å²) in [5.74, 6) is 0.551. The average molecular weight is 356 g/mol. The van der Waals surface area contributed by atoms with Gasteiger partial charge in [-0.2, -0.15) is 0 Å². The van der Waals surface area contributed by atoms with Gasteiger partial charge in [-0.1, -0.05) is 12.1 Å².